The van der Waals surface area contributed by atoms with Gasteiger partial charge in [0, 0.05) is 18.7 Å². The molecule has 1 fully saturated rings. The zero-order chi connectivity index (χ0) is 31.8. The fourth-order valence-electron chi connectivity index (χ4n) is 6.68. The molecule has 0 radical (unpaired) electrons. The lowest BCUT2D eigenvalue weighted by Gasteiger charge is -2.31. The number of amides is 1. The van der Waals surface area contributed by atoms with Crippen LogP contribution >= 0.6 is 0 Å². The van der Waals surface area contributed by atoms with Crippen molar-refractivity contribution in [3.63, 3.8) is 0 Å². The average Bonchev–Trinajstić information content (AvgIpc) is 3.10. The van der Waals surface area contributed by atoms with Crippen LogP contribution in [0.1, 0.15) is 75.0 Å². The number of piperidine rings is 1. The molecule has 1 N–H and O–H groups in total. The molecule has 46 heavy (non-hydrogen) atoms. The van der Waals surface area contributed by atoms with Crippen LogP contribution in [-0.4, -0.2) is 55.2 Å². The number of nitrogens with zero attached hydrogens (tertiary/aromatic N) is 2. The van der Waals surface area contributed by atoms with Gasteiger partial charge in [-0.2, -0.15) is 0 Å². The van der Waals surface area contributed by atoms with Gasteiger partial charge in [-0.25, -0.2) is 4.79 Å². The van der Waals surface area contributed by atoms with Crippen LogP contribution in [0.5, 0.6) is 0 Å². The number of nitrogens with one attached hydrogen (secondary N) is 1. The van der Waals surface area contributed by atoms with Crippen molar-refractivity contribution in [3.05, 3.63) is 126 Å². The quantitative estimate of drug-likeness (QED) is 0.127. The first kappa shape index (κ1) is 33.4. The van der Waals surface area contributed by atoms with Gasteiger partial charge in [-0.05, 0) is 68.6 Å². The Balaban J connectivity index is 0.912. The fourth-order valence-corrected chi connectivity index (χ4v) is 6.68. The topological polar surface area (TPSA) is 44.8 Å². The van der Waals surface area contributed by atoms with E-state index in [4.69, 9.17) is 4.74 Å². The molecule has 0 bridgehead atoms. The highest BCUT2D eigenvalue weighted by Crippen LogP contribution is 2.29. The van der Waals surface area contributed by atoms with Crippen molar-refractivity contribution in [2.24, 2.45) is 0 Å². The second-order valence-corrected chi connectivity index (χ2v) is 12.7. The van der Waals surface area contributed by atoms with E-state index in [1.807, 2.05) is 42.5 Å². The SMILES string of the molecule is CN(CCCCCCCCCN1CCC(OC(=O)Nc2ccccc2-c2ccccc2)CC1)C(c1ccccc1)c1ccccc1. The summed E-state index contributed by atoms with van der Waals surface area (Å²) in [5.74, 6) is 0. The van der Waals surface area contributed by atoms with Crippen molar-refractivity contribution in [1.29, 1.82) is 0 Å². The van der Waals surface area contributed by atoms with Gasteiger partial charge in [0.2, 0.25) is 0 Å². The van der Waals surface area contributed by atoms with Crippen molar-refractivity contribution >= 4 is 11.8 Å². The van der Waals surface area contributed by atoms with Gasteiger partial charge in [0.05, 0.1) is 11.7 Å². The first-order valence-electron chi connectivity index (χ1n) is 17.3. The number of anilines is 1. The van der Waals surface area contributed by atoms with E-state index >= 15 is 0 Å². The highest BCUT2D eigenvalue weighted by atomic mass is 16.6. The molecule has 5 rings (SSSR count). The lowest BCUT2D eigenvalue weighted by atomic mass is 9.97. The minimum absolute atomic E-state index is 0.0187. The molecule has 5 nitrogen and oxygen atoms in total. The zero-order valence-electron chi connectivity index (χ0n) is 27.5. The number of rotatable bonds is 16. The van der Waals surface area contributed by atoms with Crippen molar-refractivity contribution < 1.29 is 9.53 Å². The van der Waals surface area contributed by atoms with E-state index in [-0.39, 0.29) is 12.2 Å². The van der Waals surface area contributed by atoms with Gasteiger partial charge in [-0.1, -0.05) is 141 Å². The molecule has 0 saturated carbocycles. The zero-order valence-corrected chi connectivity index (χ0v) is 27.5. The maximum Gasteiger partial charge on any atom is 0.411 e. The van der Waals surface area contributed by atoms with E-state index in [0.29, 0.717) is 6.04 Å². The molecule has 0 atom stereocenters. The minimum Gasteiger partial charge on any atom is -0.446 e. The molecule has 1 saturated heterocycles. The minimum atomic E-state index is -0.360. The molecule has 0 spiro atoms. The summed E-state index contributed by atoms with van der Waals surface area (Å²) in [6.45, 7) is 4.25. The van der Waals surface area contributed by atoms with Gasteiger partial charge in [-0.15, -0.1) is 0 Å². The first-order chi connectivity index (χ1) is 22.7. The van der Waals surface area contributed by atoms with Crippen molar-refractivity contribution in [2.75, 3.05) is 38.5 Å². The Morgan fingerprint density at radius 1 is 0.717 bits per heavy atom. The molecular weight excluding hydrogens is 566 g/mol. The van der Waals surface area contributed by atoms with Gasteiger partial charge in [0.1, 0.15) is 6.10 Å². The standard InChI is InChI=1S/C41H51N3O2/c1-43(40(35-22-12-8-13-23-35)36-24-14-9-15-25-36)30-18-5-3-2-4-6-19-31-44-32-28-37(29-33-44)46-41(45)42-39-27-17-16-26-38(39)34-20-10-7-11-21-34/h7-17,20-27,37,40H,2-6,18-19,28-33H2,1H3,(H,42,45). The van der Waals surface area contributed by atoms with Crippen LogP contribution in [0.15, 0.2) is 115 Å². The van der Waals surface area contributed by atoms with Crippen molar-refractivity contribution in [2.45, 2.75) is 69.9 Å². The average molecular weight is 618 g/mol. The Kier molecular flexibility index (Phi) is 13.3. The van der Waals surface area contributed by atoms with Crippen LogP contribution in [0.25, 0.3) is 11.1 Å². The third-order valence-corrected chi connectivity index (χ3v) is 9.21. The molecule has 0 aliphatic carbocycles. The number of benzene rings is 4. The van der Waals surface area contributed by atoms with Gasteiger partial charge in [0.15, 0.2) is 0 Å². The summed E-state index contributed by atoms with van der Waals surface area (Å²) in [6, 6.07) is 40.1. The van der Waals surface area contributed by atoms with E-state index in [2.05, 4.69) is 95.0 Å². The van der Waals surface area contributed by atoms with Crippen LogP contribution < -0.4 is 5.32 Å². The van der Waals surface area contributed by atoms with Crippen molar-refractivity contribution in [1.82, 2.24) is 9.80 Å². The summed E-state index contributed by atoms with van der Waals surface area (Å²) < 4.78 is 5.82. The van der Waals surface area contributed by atoms with E-state index < -0.39 is 0 Å². The number of ether oxygens (including phenoxy) is 1. The Morgan fingerprint density at radius 2 is 1.24 bits per heavy atom. The van der Waals surface area contributed by atoms with E-state index in [0.717, 1.165) is 55.8 Å². The molecule has 242 valence electrons. The van der Waals surface area contributed by atoms with Crippen LogP contribution in [0, 0.1) is 0 Å². The summed E-state index contributed by atoms with van der Waals surface area (Å²) in [4.78, 5) is 17.8. The van der Waals surface area contributed by atoms with Gasteiger partial charge in [0.25, 0.3) is 0 Å². The molecule has 1 aliphatic rings. The number of para-hydroxylation sites is 1. The van der Waals surface area contributed by atoms with Crippen LogP contribution in [0.4, 0.5) is 10.5 Å². The van der Waals surface area contributed by atoms with Crippen molar-refractivity contribution in [3.8, 4) is 11.1 Å². The second kappa shape index (κ2) is 18.3. The predicted octanol–water partition coefficient (Wildman–Crippen LogP) is 9.82. The Morgan fingerprint density at radius 3 is 1.87 bits per heavy atom. The first-order valence-corrected chi connectivity index (χ1v) is 17.3. The summed E-state index contributed by atoms with van der Waals surface area (Å²) in [5, 5.41) is 2.98. The maximum absolute atomic E-state index is 12.7. The highest BCUT2D eigenvalue weighted by Gasteiger charge is 2.23. The summed E-state index contributed by atoms with van der Waals surface area (Å²) in [5.41, 5.74) is 5.58. The van der Waals surface area contributed by atoms with E-state index in [1.165, 1.54) is 56.1 Å². The summed E-state index contributed by atoms with van der Waals surface area (Å²) in [6.07, 6.45) is 10.5. The largest absolute Gasteiger partial charge is 0.446 e. The monoisotopic (exact) mass is 617 g/mol. The van der Waals surface area contributed by atoms with Crippen LogP contribution in [0.2, 0.25) is 0 Å². The summed E-state index contributed by atoms with van der Waals surface area (Å²) >= 11 is 0. The number of carbonyl (C=O) groups is 1. The van der Waals surface area contributed by atoms with Crippen LogP contribution in [0.3, 0.4) is 0 Å². The molecule has 4 aromatic carbocycles. The summed E-state index contributed by atoms with van der Waals surface area (Å²) in [7, 11) is 2.26. The molecule has 1 aliphatic heterocycles. The fraction of sp³-hybridized carbons (Fsp3) is 0.390. The van der Waals surface area contributed by atoms with Gasteiger partial charge >= 0.3 is 6.09 Å². The normalized spacial score (nSPS) is 14.1. The molecule has 0 aromatic heterocycles. The van der Waals surface area contributed by atoms with E-state index in [9.17, 15) is 4.79 Å². The molecule has 4 aromatic rings. The number of likely N-dealkylation sites (tertiary alicyclic amines) is 1. The third kappa shape index (κ3) is 10.3. The van der Waals surface area contributed by atoms with Gasteiger partial charge in [-0.3, -0.25) is 10.2 Å². The Hall–Kier alpha value is -3.93. The lowest BCUT2D eigenvalue weighted by molar-refractivity contribution is 0.0585. The smallest absolute Gasteiger partial charge is 0.411 e. The Bertz CT molecular complexity index is 1380. The number of hydrogen-bond donors (Lipinski definition) is 1. The third-order valence-electron chi connectivity index (χ3n) is 9.21. The van der Waals surface area contributed by atoms with E-state index in [1.54, 1.807) is 0 Å². The van der Waals surface area contributed by atoms with Crippen LogP contribution in [-0.2, 0) is 4.74 Å². The maximum atomic E-state index is 12.7. The van der Waals surface area contributed by atoms with Gasteiger partial charge < -0.3 is 9.64 Å². The molecular formula is C41H51N3O2. The number of unbranched alkanes of at least 4 members (excludes halogenated alkanes) is 6. The highest BCUT2D eigenvalue weighted by molar-refractivity contribution is 5.91. The second-order valence-electron chi connectivity index (χ2n) is 12.7. The lowest BCUT2D eigenvalue weighted by Crippen LogP contribution is -2.38. The molecule has 0 unspecified atom stereocenters. The Labute approximate surface area is 276 Å². The number of carbonyl (C=O) groups excluding carboxylic acids is 1. The predicted molar refractivity (Wildman–Crippen MR) is 191 cm³/mol. The number of hydrogen-bond acceptors (Lipinski definition) is 4. The molecule has 1 heterocycles. The molecule has 1 amide bonds. The molecule has 5 heteroatoms.